The summed E-state index contributed by atoms with van der Waals surface area (Å²) in [4.78, 5) is 13.5. The van der Waals surface area contributed by atoms with Crippen LogP contribution in [0.4, 0.5) is 4.79 Å². The maximum absolute atomic E-state index is 11.5. The zero-order valence-electron chi connectivity index (χ0n) is 9.01. The average Bonchev–Trinajstić information content (AvgIpc) is 2.65. The van der Waals surface area contributed by atoms with Crippen molar-refractivity contribution in [3.8, 4) is 0 Å². The Bertz CT molecular complexity index is 221. The van der Waals surface area contributed by atoms with Crippen molar-refractivity contribution in [3.63, 3.8) is 0 Å². The van der Waals surface area contributed by atoms with Gasteiger partial charge in [0, 0.05) is 20.1 Å². The Morgan fingerprint density at radius 2 is 1.86 bits per heavy atom. The standard InChI is InChI=1S/C11H20N2O/c1-12-10(14)13-8-4-7-11(9-13)5-2-3-6-11/h2-9H2,1H3,(H,12,14). The minimum atomic E-state index is 0.107. The first-order valence-electron chi connectivity index (χ1n) is 5.72. The molecule has 2 rings (SSSR count). The fourth-order valence-electron chi connectivity index (χ4n) is 3.07. The van der Waals surface area contributed by atoms with Gasteiger partial charge in [-0.15, -0.1) is 0 Å². The first kappa shape index (κ1) is 9.81. The maximum atomic E-state index is 11.5. The van der Waals surface area contributed by atoms with Crippen LogP contribution in [0.3, 0.4) is 0 Å². The van der Waals surface area contributed by atoms with Gasteiger partial charge in [-0.1, -0.05) is 12.8 Å². The van der Waals surface area contributed by atoms with E-state index in [9.17, 15) is 4.79 Å². The summed E-state index contributed by atoms with van der Waals surface area (Å²) in [5, 5.41) is 2.73. The molecule has 14 heavy (non-hydrogen) atoms. The largest absolute Gasteiger partial charge is 0.341 e. The van der Waals surface area contributed by atoms with Crippen LogP contribution in [-0.4, -0.2) is 31.1 Å². The Morgan fingerprint density at radius 1 is 1.21 bits per heavy atom. The van der Waals surface area contributed by atoms with Crippen molar-refractivity contribution in [2.24, 2.45) is 5.41 Å². The molecule has 2 fully saturated rings. The molecular formula is C11H20N2O. The Labute approximate surface area is 85.8 Å². The third-order valence-corrected chi connectivity index (χ3v) is 3.83. The van der Waals surface area contributed by atoms with Crippen LogP contribution in [-0.2, 0) is 0 Å². The summed E-state index contributed by atoms with van der Waals surface area (Å²) < 4.78 is 0. The summed E-state index contributed by atoms with van der Waals surface area (Å²) in [5.41, 5.74) is 0.491. The van der Waals surface area contributed by atoms with Gasteiger partial charge in [0.1, 0.15) is 0 Å². The molecule has 1 N–H and O–H groups in total. The first-order valence-corrected chi connectivity index (χ1v) is 5.72. The normalized spacial score (nSPS) is 25.4. The van der Waals surface area contributed by atoms with Gasteiger partial charge in [-0.3, -0.25) is 0 Å². The predicted molar refractivity (Wildman–Crippen MR) is 56.2 cm³/mol. The molecule has 3 nitrogen and oxygen atoms in total. The Balaban J connectivity index is 1.99. The number of hydrogen-bond acceptors (Lipinski definition) is 1. The molecule has 0 aromatic carbocycles. The number of likely N-dealkylation sites (tertiary alicyclic amines) is 1. The number of rotatable bonds is 0. The number of nitrogens with zero attached hydrogens (tertiary/aromatic N) is 1. The SMILES string of the molecule is CNC(=O)N1CCCC2(CCCC2)C1. The molecule has 0 aromatic heterocycles. The van der Waals surface area contributed by atoms with Gasteiger partial charge in [0.15, 0.2) is 0 Å². The highest BCUT2D eigenvalue weighted by atomic mass is 16.2. The van der Waals surface area contributed by atoms with E-state index >= 15 is 0 Å². The lowest BCUT2D eigenvalue weighted by Gasteiger charge is -2.40. The number of hydrogen-bond donors (Lipinski definition) is 1. The average molecular weight is 196 g/mol. The van der Waals surface area contributed by atoms with Gasteiger partial charge < -0.3 is 10.2 Å². The summed E-state index contributed by atoms with van der Waals surface area (Å²) in [6.45, 7) is 1.94. The van der Waals surface area contributed by atoms with Crippen LogP contribution in [0.25, 0.3) is 0 Å². The maximum Gasteiger partial charge on any atom is 0.317 e. The van der Waals surface area contributed by atoms with E-state index in [1.165, 1.54) is 38.5 Å². The lowest BCUT2D eigenvalue weighted by molar-refractivity contribution is 0.110. The second-order valence-electron chi connectivity index (χ2n) is 4.79. The minimum Gasteiger partial charge on any atom is -0.341 e. The van der Waals surface area contributed by atoms with Crippen molar-refractivity contribution in [2.45, 2.75) is 38.5 Å². The quantitative estimate of drug-likeness (QED) is 0.631. The van der Waals surface area contributed by atoms with Gasteiger partial charge in [0.2, 0.25) is 0 Å². The molecule has 0 unspecified atom stereocenters. The van der Waals surface area contributed by atoms with E-state index in [-0.39, 0.29) is 6.03 Å². The number of carbonyl (C=O) groups is 1. The van der Waals surface area contributed by atoms with Gasteiger partial charge in [0.25, 0.3) is 0 Å². The van der Waals surface area contributed by atoms with Crippen LogP contribution < -0.4 is 5.32 Å². The lowest BCUT2D eigenvalue weighted by Crippen LogP contribution is -2.48. The minimum absolute atomic E-state index is 0.107. The van der Waals surface area contributed by atoms with E-state index in [1.807, 2.05) is 4.90 Å². The third kappa shape index (κ3) is 1.72. The Kier molecular flexibility index (Phi) is 2.66. The number of nitrogens with one attached hydrogen (secondary N) is 1. The topological polar surface area (TPSA) is 32.3 Å². The van der Waals surface area contributed by atoms with Gasteiger partial charge in [-0.05, 0) is 31.1 Å². The smallest absolute Gasteiger partial charge is 0.317 e. The zero-order chi connectivity index (χ0) is 10.0. The van der Waals surface area contributed by atoms with Crippen LogP contribution in [0, 0.1) is 5.41 Å². The molecule has 0 aromatic rings. The number of amides is 2. The van der Waals surface area contributed by atoms with Crippen LogP contribution in [0.2, 0.25) is 0 Å². The van der Waals surface area contributed by atoms with Crippen molar-refractivity contribution in [3.05, 3.63) is 0 Å². The third-order valence-electron chi connectivity index (χ3n) is 3.83. The predicted octanol–water partition coefficient (Wildman–Crippen LogP) is 1.98. The summed E-state index contributed by atoms with van der Waals surface area (Å²) in [6.07, 6.45) is 7.91. The van der Waals surface area contributed by atoms with Crippen LogP contribution in [0.5, 0.6) is 0 Å². The van der Waals surface area contributed by atoms with Crippen molar-refractivity contribution >= 4 is 6.03 Å². The molecule has 0 radical (unpaired) electrons. The molecule has 0 atom stereocenters. The van der Waals surface area contributed by atoms with Gasteiger partial charge in [-0.25, -0.2) is 4.79 Å². The van der Waals surface area contributed by atoms with Crippen molar-refractivity contribution in [2.75, 3.05) is 20.1 Å². The molecule has 0 bridgehead atoms. The highest BCUT2D eigenvalue weighted by molar-refractivity contribution is 5.73. The number of carbonyl (C=O) groups excluding carboxylic acids is 1. The van der Waals surface area contributed by atoms with E-state index in [0.717, 1.165) is 13.1 Å². The molecule has 3 heteroatoms. The summed E-state index contributed by atoms with van der Waals surface area (Å²) in [6, 6.07) is 0.107. The van der Waals surface area contributed by atoms with E-state index in [2.05, 4.69) is 5.32 Å². The fraction of sp³-hybridized carbons (Fsp3) is 0.909. The summed E-state index contributed by atoms with van der Waals surface area (Å²) >= 11 is 0. The van der Waals surface area contributed by atoms with E-state index in [1.54, 1.807) is 7.05 Å². The van der Waals surface area contributed by atoms with E-state index in [4.69, 9.17) is 0 Å². The molecule has 1 heterocycles. The van der Waals surface area contributed by atoms with Crippen LogP contribution in [0.1, 0.15) is 38.5 Å². The summed E-state index contributed by atoms with van der Waals surface area (Å²) in [5.74, 6) is 0. The molecule has 2 aliphatic rings. The molecule has 1 spiro atoms. The Hall–Kier alpha value is -0.730. The van der Waals surface area contributed by atoms with Crippen LogP contribution >= 0.6 is 0 Å². The van der Waals surface area contributed by atoms with Crippen molar-refractivity contribution in [1.29, 1.82) is 0 Å². The molecule has 1 saturated heterocycles. The first-order chi connectivity index (χ1) is 6.76. The van der Waals surface area contributed by atoms with Gasteiger partial charge >= 0.3 is 6.03 Å². The number of urea groups is 1. The van der Waals surface area contributed by atoms with Crippen LogP contribution in [0.15, 0.2) is 0 Å². The number of piperidine rings is 1. The van der Waals surface area contributed by atoms with E-state index < -0.39 is 0 Å². The molecule has 1 aliphatic heterocycles. The highest BCUT2D eigenvalue weighted by Gasteiger charge is 2.38. The highest BCUT2D eigenvalue weighted by Crippen LogP contribution is 2.44. The summed E-state index contributed by atoms with van der Waals surface area (Å²) in [7, 11) is 1.72. The van der Waals surface area contributed by atoms with Gasteiger partial charge in [-0.2, -0.15) is 0 Å². The molecular weight excluding hydrogens is 176 g/mol. The molecule has 1 aliphatic carbocycles. The van der Waals surface area contributed by atoms with Crippen molar-refractivity contribution in [1.82, 2.24) is 10.2 Å². The Morgan fingerprint density at radius 3 is 2.50 bits per heavy atom. The van der Waals surface area contributed by atoms with Gasteiger partial charge in [0.05, 0.1) is 0 Å². The second-order valence-corrected chi connectivity index (χ2v) is 4.79. The fourth-order valence-corrected chi connectivity index (χ4v) is 3.07. The monoisotopic (exact) mass is 196 g/mol. The zero-order valence-corrected chi connectivity index (χ0v) is 9.01. The molecule has 2 amide bonds. The molecule has 1 saturated carbocycles. The van der Waals surface area contributed by atoms with E-state index in [0.29, 0.717) is 5.41 Å². The second kappa shape index (κ2) is 3.79. The molecule has 80 valence electrons. The van der Waals surface area contributed by atoms with Crippen molar-refractivity contribution < 1.29 is 4.79 Å². The lowest BCUT2D eigenvalue weighted by atomic mass is 9.78.